The lowest BCUT2D eigenvalue weighted by Gasteiger charge is -2.24. The van der Waals surface area contributed by atoms with Gasteiger partial charge in [0.2, 0.25) is 5.91 Å². The third-order valence-electron chi connectivity index (χ3n) is 4.25. The average Bonchev–Trinajstić information content (AvgIpc) is 2.83. The summed E-state index contributed by atoms with van der Waals surface area (Å²) in [5, 5.41) is 13.3. The second-order valence-electron chi connectivity index (χ2n) is 6.17. The molecule has 1 heterocycles. The molecule has 0 atom stereocenters. The van der Waals surface area contributed by atoms with Gasteiger partial charge in [-0.3, -0.25) is 19.8 Å². The van der Waals surface area contributed by atoms with E-state index in [4.69, 9.17) is 18.0 Å². The third-order valence-corrected chi connectivity index (χ3v) is 4.56. The summed E-state index contributed by atoms with van der Waals surface area (Å²) >= 11 is 5.75. The highest BCUT2D eigenvalue weighted by Crippen LogP contribution is 2.41. The molecule has 1 saturated heterocycles. The van der Waals surface area contributed by atoms with Crippen LogP contribution in [-0.4, -0.2) is 55.0 Å². The number of hydrogen-bond donors (Lipinski definition) is 1. The number of nitrogens with zero attached hydrogens (tertiary/aromatic N) is 3. The number of nitrogens with one attached hydrogen (secondary N) is 1. The van der Waals surface area contributed by atoms with Crippen molar-refractivity contribution in [3.8, 4) is 12.3 Å². The van der Waals surface area contributed by atoms with Crippen LogP contribution in [0.1, 0.15) is 12.0 Å². The number of alkyl halides is 3. The molecule has 1 aliphatic heterocycles. The molecule has 152 valence electrons. The van der Waals surface area contributed by atoms with Gasteiger partial charge in [-0.1, -0.05) is 17.5 Å². The Labute approximate surface area is 164 Å². The van der Waals surface area contributed by atoms with Crippen LogP contribution in [0.5, 0.6) is 0 Å². The van der Waals surface area contributed by atoms with Crippen LogP contribution < -0.4 is 10.2 Å². The van der Waals surface area contributed by atoms with Gasteiger partial charge in [-0.2, -0.15) is 13.2 Å². The van der Waals surface area contributed by atoms with Crippen LogP contribution in [0.4, 0.5) is 24.5 Å². The topological polar surface area (TPSA) is 78.7 Å². The van der Waals surface area contributed by atoms with Gasteiger partial charge in [0.05, 0.1) is 28.6 Å². The van der Waals surface area contributed by atoms with E-state index in [9.17, 15) is 28.1 Å². The third kappa shape index (κ3) is 5.50. The lowest BCUT2D eigenvalue weighted by atomic mass is 10.1. The molecule has 28 heavy (non-hydrogen) atoms. The zero-order chi connectivity index (χ0) is 20.9. The van der Waals surface area contributed by atoms with Crippen molar-refractivity contribution in [1.29, 1.82) is 0 Å². The fraction of sp³-hybridized carbons (Fsp3) is 0.471. The highest BCUT2D eigenvalue weighted by atomic mass is 35.5. The maximum atomic E-state index is 13.0. The summed E-state index contributed by atoms with van der Waals surface area (Å²) < 4.78 is 39.0. The van der Waals surface area contributed by atoms with E-state index in [1.54, 1.807) is 4.90 Å². The first-order chi connectivity index (χ1) is 13.1. The van der Waals surface area contributed by atoms with Crippen molar-refractivity contribution in [1.82, 2.24) is 10.2 Å². The van der Waals surface area contributed by atoms with E-state index < -0.39 is 27.4 Å². The van der Waals surface area contributed by atoms with Crippen LogP contribution in [0.3, 0.4) is 0 Å². The smallest absolute Gasteiger partial charge is 0.365 e. The van der Waals surface area contributed by atoms with Crippen molar-refractivity contribution in [3.05, 3.63) is 32.8 Å². The summed E-state index contributed by atoms with van der Waals surface area (Å²) in [4.78, 5) is 25.7. The van der Waals surface area contributed by atoms with Gasteiger partial charge in [-0.25, -0.2) is 0 Å². The summed E-state index contributed by atoms with van der Waals surface area (Å²) in [6.07, 6.45) is 0.862. The van der Waals surface area contributed by atoms with Crippen LogP contribution in [0.25, 0.3) is 0 Å². The summed E-state index contributed by atoms with van der Waals surface area (Å²) in [6.45, 7) is 1.87. The summed E-state index contributed by atoms with van der Waals surface area (Å²) in [6, 6.07) is 1.45. The number of carbonyl (C=O) groups excluding carboxylic acids is 1. The van der Waals surface area contributed by atoms with Gasteiger partial charge in [-0.15, -0.1) is 6.42 Å². The molecule has 11 heteroatoms. The molecule has 7 nitrogen and oxygen atoms in total. The Hall–Kier alpha value is -2.51. The van der Waals surface area contributed by atoms with Crippen LogP contribution in [-0.2, 0) is 11.0 Å². The zero-order valence-electron chi connectivity index (χ0n) is 14.8. The number of carbonyl (C=O) groups is 1. The first-order valence-electron chi connectivity index (χ1n) is 8.36. The molecule has 0 saturated carbocycles. The lowest BCUT2D eigenvalue weighted by molar-refractivity contribution is -0.384. The predicted molar refractivity (Wildman–Crippen MR) is 98.2 cm³/mol. The number of anilines is 1. The zero-order valence-corrected chi connectivity index (χ0v) is 15.5. The molecule has 0 spiro atoms. The van der Waals surface area contributed by atoms with Gasteiger partial charge in [-0.05, 0) is 12.5 Å². The quantitative estimate of drug-likeness (QED) is 0.451. The Morgan fingerprint density at radius 2 is 2.04 bits per heavy atom. The van der Waals surface area contributed by atoms with Crippen molar-refractivity contribution in [2.24, 2.45) is 0 Å². The van der Waals surface area contributed by atoms with Crippen molar-refractivity contribution in [2.75, 3.05) is 44.2 Å². The molecule has 1 fully saturated rings. The Balaban J connectivity index is 2.19. The van der Waals surface area contributed by atoms with E-state index in [-0.39, 0.29) is 24.7 Å². The van der Waals surface area contributed by atoms with Gasteiger partial charge >= 0.3 is 6.18 Å². The number of terminal acetylenes is 1. The molecule has 1 aliphatic rings. The SMILES string of the molecule is C#CCNC(=O)CN1CCCN(c2cc(Cl)c(C(F)(F)F)cc2[N+](=O)[O-])CC1. The molecule has 0 aromatic heterocycles. The van der Waals surface area contributed by atoms with Crippen molar-refractivity contribution in [3.63, 3.8) is 0 Å². The Morgan fingerprint density at radius 1 is 1.32 bits per heavy atom. The predicted octanol–water partition coefficient (Wildman–Crippen LogP) is 2.53. The minimum atomic E-state index is -4.79. The minimum Gasteiger partial charge on any atom is -0.365 e. The van der Waals surface area contributed by atoms with Crippen molar-refractivity contribution < 1.29 is 22.9 Å². The number of rotatable bonds is 5. The van der Waals surface area contributed by atoms with Gasteiger partial charge < -0.3 is 10.2 Å². The fourth-order valence-electron chi connectivity index (χ4n) is 2.95. The van der Waals surface area contributed by atoms with Crippen molar-refractivity contribution in [2.45, 2.75) is 12.6 Å². The standard InChI is InChI=1S/C17H18ClF3N4O3/c1-2-4-22-16(26)11-23-5-3-6-24(8-7-23)14-10-13(18)12(17(19,20)21)9-15(14)25(27)28/h1,9-10H,3-8,11H2,(H,22,26). The summed E-state index contributed by atoms with van der Waals surface area (Å²) in [5.74, 6) is 2.06. The number of nitro groups is 1. The monoisotopic (exact) mass is 418 g/mol. The molecule has 0 aliphatic carbocycles. The Morgan fingerprint density at radius 3 is 2.64 bits per heavy atom. The molecular formula is C17H18ClF3N4O3. The number of halogens is 4. The number of amides is 1. The van der Waals surface area contributed by atoms with E-state index in [1.807, 2.05) is 4.90 Å². The lowest BCUT2D eigenvalue weighted by Crippen LogP contribution is -2.39. The molecular weight excluding hydrogens is 401 g/mol. The highest BCUT2D eigenvalue weighted by Gasteiger charge is 2.37. The maximum Gasteiger partial charge on any atom is 0.418 e. The van der Waals surface area contributed by atoms with E-state index >= 15 is 0 Å². The average molecular weight is 419 g/mol. The first-order valence-corrected chi connectivity index (χ1v) is 8.74. The molecule has 0 unspecified atom stereocenters. The van der Waals surface area contributed by atoms with Crippen LogP contribution in [0.15, 0.2) is 12.1 Å². The van der Waals surface area contributed by atoms with Crippen molar-refractivity contribution >= 4 is 28.9 Å². The number of benzene rings is 1. The molecule has 0 radical (unpaired) electrons. The largest absolute Gasteiger partial charge is 0.418 e. The van der Waals surface area contributed by atoms with Gasteiger partial charge in [0, 0.05) is 32.2 Å². The number of nitro benzene ring substituents is 1. The van der Waals surface area contributed by atoms with Crippen LogP contribution in [0.2, 0.25) is 5.02 Å². The Kier molecular flexibility index (Phi) is 7.10. The second-order valence-corrected chi connectivity index (χ2v) is 6.58. The molecule has 0 bridgehead atoms. The minimum absolute atomic E-state index is 0.0293. The normalized spacial score (nSPS) is 15.6. The molecule has 1 aromatic rings. The fourth-order valence-corrected chi connectivity index (χ4v) is 3.21. The van der Waals surface area contributed by atoms with Gasteiger partial charge in [0.15, 0.2) is 0 Å². The Bertz CT molecular complexity index is 795. The first kappa shape index (κ1) is 21.8. The molecule has 1 amide bonds. The number of hydrogen-bond acceptors (Lipinski definition) is 5. The van der Waals surface area contributed by atoms with Crippen LogP contribution >= 0.6 is 11.6 Å². The van der Waals surface area contributed by atoms with E-state index in [0.717, 1.165) is 6.07 Å². The summed E-state index contributed by atoms with van der Waals surface area (Å²) in [7, 11) is 0. The summed E-state index contributed by atoms with van der Waals surface area (Å²) in [5.41, 5.74) is -1.87. The van der Waals surface area contributed by atoms with Gasteiger partial charge in [0.1, 0.15) is 5.69 Å². The van der Waals surface area contributed by atoms with Gasteiger partial charge in [0.25, 0.3) is 5.69 Å². The van der Waals surface area contributed by atoms with E-state index in [2.05, 4.69) is 11.2 Å². The molecule has 2 rings (SSSR count). The molecule has 1 N–H and O–H groups in total. The van der Waals surface area contributed by atoms with Crippen LogP contribution in [0, 0.1) is 22.5 Å². The second kappa shape index (κ2) is 9.12. The molecule has 1 aromatic carbocycles. The van der Waals surface area contributed by atoms with E-state index in [1.165, 1.54) is 0 Å². The van der Waals surface area contributed by atoms with E-state index in [0.29, 0.717) is 38.7 Å². The highest BCUT2D eigenvalue weighted by molar-refractivity contribution is 6.31. The maximum absolute atomic E-state index is 13.0.